The largest absolute Gasteiger partial charge is 0.490 e. The van der Waals surface area contributed by atoms with E-state index < -0.39 is 0 Å². The second-order valence-corrected chi connectivity index (χ2v) is 6.87. The minimum atomic E-state index is 0.143. The first-order valence-electron chi connectivity index (χ1n) is 9.48. The number of carbonyl (C=O) groups excluding carboxylic acids is 1. The molecule has 6 heteroatoms. The van der Waals surface area contributed by atoms with Crippen molar-refractivity contribution >= 4 is 5.91 Å². The van der Waals surface area contributed by atoms with Crippen LogP contribution < -0.4 is 9.47 Å². The van der Waals surface area contributed by atoms with Gasteiger partial charge in [-0.25, -0.2) is 0 Å². The van der Waals surface area contributed by atoms with Crippen molar-refractivity contribution in [3.63, 3.8) is 0 Å². The minimum absolute atomic E-state index is 0.143. The smallest absolute Gasteiger partial charge is 0.223 e. The number of rotatable bonds is 5. The molecule has 0 saturated carbocycles. The van der Waals surface area contributed by atoms with Crippen molar-refractivity contribution in [1.82, 2.24) is 14.7 Å². The second kappa shape index (κ2) is 7.81. The summed E-state index contributed by atoms with van der Waals surface area (Å²) in [7, 11) is 0. The number of amides is 1. The molecule has 1 aromatic carbocycles. The van der Waals surface area contributed by atoms with E-state index in [1.54, 1.807) is 6.20 Å². The average Bonchev–Trinajstić information content (AvgIpc) is 3.29. The molecule has 26 heavy (non-hydrogen) atoms. The molecule has 3 heterocycles. The van der Waals surface area contributed by atoms with Crippen LogP contribution in [0, 0.1) is 0 Å². The highest BCUT2D eigenvalue weighted by Crippen LogP contribution is 2.38. The van der Waals surface area contributed by atoms with Crippen molar-refractivity contribution < 1.29 is 14.3 Å². The summed E-state index contributed by atoms with van der Waals surface area (Å²) in [5.74, 6) is 1.84. The number of hydrogen-bond acceptors (Lipinski definition) is 4. The highest BCUT2D eigenvalue weighted by atomic mass is 16.5. The monoisotopic (exact) mass is 355 g/mol. The number of carbonyl (C=O) groups is 1. The molecular formula is C20H25N3O3. The first-order valence-corrected chi connectivity index (χ1v) is 9.48. The summed E-state index contributed by atoms with van der Waals surface area (Å²) >= 11 is 0. The van der Waals surface area contributed by atoms with Crippen LogP contribution in [0.3, 0.4) is 0 Å². The van der Waals surface area contributed by atoms with Gasteiger partial charge < -0.3 is 14.4 Å². The van der Waals surface area contributed by atoms with Crippen molar-refractivity contribution in [1.29, 1.82) is 0 Å². The Kier molecular flexibility index (Phi) is 5.09. The van der Waals surface area contributed by atoms with Crippen LogP contribution in [-0.2, 0) is 11.3 Å². The number of aryl methyl sites for hydroxylation is 1. The van der Waals surface area contributed by atoms with Gasteiger partial charge in [-0.2, -0.15) is 5.10 Å². The predicted molar refractivity (Wildman–Crippen MR) is 97.2 cm³/mol. The molecule has 0 aliphatic carbocycles. The van der Waals surface area contributed by atoms with E-state index in [0.717, 1.165) is 55.8 Å². The Hall–Kier alpha value is -2.50. The molecule has 1 fully saturated rings. The minimum Gasteiger partial charge on any atom is -0.490 e. The van der Waals surface area contributed by atoms with Crippen LogP contribution >= 0.6 is 0 Å². The summed E-state index contributed by atoms with van der Waals surface area (Å²) in [6.07, 6.45) is 8.01. The van der Waals surface area contributed by atoms with Crippen LogP contribution in [-0.4, -0.2) is 40.3 Å². The number of benzene rings is 1. The van der Waals surface area contributed by atoms with Crippen molar-refractivity contribution in [2.45, 2.75) is 44.7 Å². The van der Waals surface area contributed by atoms with Crippen molar-refractivity contribution in [3.8, 4) is 11.5 Å². The average molecular weight is 355 g/mol. The summed E-state index contributed by atoms with van der Waals surface area (Å²) in [5.41, 5.74) is 1.15. The van der Waals surface area contributed by atoms with Gasteiger partial charge in [0.15, 0.2) is 11.5 Å². The zero-order valence-corrected chi connectivity index (χ0v) is 15.0. The van der Waals surface area contributed by atoms with E-state index in [4.69, 9.17) is 9.47 Å². The van der Waals surface area contributed by atoms with Crippen LogP contribution in [0.25, 0.3) is 0 Å². The number of hydrogen-bond donors (Lipinski definition) is 0. The lowest BCUT2D eigenvalue weighted by atomic mass is 10.0. The fourth-order valence-corrected chi connectivity index (χ4v) is 3.77. The number of likely N-dealkylation sites (tertiary alicyclic amines) is 1. The molecule has 0 radical (unpaired) electrons. The maximum atomic E-state index is 12.7. The van der Waals surface area contributed by atoms with Crippen molar-refractivity contribution in [3.05, 3.63) is 42.2 Å². The van der Waals surface area contributed by atoms with Crippen molar-refractivity contribution in [2.24, 2.45) is 0 Å². The zero-order valence-electron chi connectivity index (χ0n) is 15.0. The quantitative estimate of drug-likeness (QED) is 0.826. The molecule has 1 atom stereocenters. The van der Waals surface area contributed by atoms with Gasteiger partial charge in [0.25, 0.3) is 0 Å². The van der Waals surface area contributed by atoms with Gasteiger partial charge in [-0.15, -0.1) is 0 Å². The van der Waals surface area contributed by atoms with E-state index in [-0.39, 0.29) is 11.9 Å². The predicted octanol–water partition coefficient (Wildman–Crippen LogP) is 3.19. The lowest BCUT2D eigenvalue weighted by Crippen LogP contribution is -2.30. The standard InChI is InChI=1S/C20H25N3O3/c24-20(6-2-10-22-11-3-9-21-22)23-12-1-5-17(23)16-7-8-18-19(15-16)26-14-4-13-25-18/h3,7-9,11,15,17H,1-2,4-6,10,12-14H2/t17-/m0/s1. The Morgan fingerprint density at radius 2 is 2.08 bits per heavy atom. The third kappa shape index (κ3) is 3.69. The number of fused-ring (bicyclic) bond motifs is 1. The lowest BCUT2D eigenvalue weighted by Gasteiger charge is -2.26. The zero-order chi connectivity index (χ0) is 17.8. The first-order chi connectivity index (χ1) is 12.8. The summed E-state index contributed by atoms with van der Waals surface area (Å²) in [4.78, 5) is 14.8. The van der Waals surface area contributed by atoms with Gasteiger partial charge in [0.2, 0.25) is 5.91 Å². The fraction of sp³-hybridized carbons (Fsp3) is 0.500. The third-order valence-corrected chi connectivity index (χ3v) is 5.07. The van der Waals surface area contributed by atoms with Crippen LogP contribution in [0.4, 0.5) is 0 Å². The summed E-state index contributed by atoms with van der Waals surface area (Å²) in [5, 5.41) is 4.19. The van der Waals surface area contributed by atoms with Gasteiger partial charge in [0.1, 0.15) is 0 Å². The molecule has 6 nitrogen and oxygen atoms in total. The molecule has 1 aromatic heterocycles. The molecule has 2 aromatic rings. The summed E-state index contributed by atoms with van der Waals surface area (Å²) < 4.78 is 13.4. The molecule has 0 bridgehead atoms. The van der Waals surface area contributed by atoms with Gasteiger partial charge in [-0.05, 0) is 43.0 Å². The lowest BCUT2D eigenvalue weighted by molar-refractivity contribution is -0.132. The molecule has 0 N–H and O–H groups in total. The van der Waals surface area contributed by atoms with E-state index in [2.05, 4.69) is 17.2 Å². The molecular weight excluding hydrogens is 330 g/mol. The highest BCUT2D eigenvalue weighted by Gasteiger charge is 2.30. The normalized spacial score (nSPS) is 19.4. The second-order valence-electron chi connectivity index (χ2n) is 6.87. The van der Waals surface area contributed by atoms with Gasteiger partial charge in [-0.1, -0.05) is 6.07 Å². The third-order valence-electron chi connectivity index (χ3n) is 5.07. The molecule has 1 saturated heterocycles. The molecule has 1 amide bonds. The van der Waals surface area contributed by atoms with Gasteiger partial charge in [-0.3, -0.25) is 9.48 Å². The van der Waals surface area contributed by atoms with E-state index in [1.165, 1.54) is 0 Å². The van der Waals surface area contributed by atoms with Gasteiger partial charge in [0.05, 0.1) is 19.3 Å². The van der Waals surface area contributed by atoms with E-state index in [1.807, 2.05) is 27.9 Å². The highest BCUT2D eigenvalue weighted by molar-refractivity contribution is 5.77. The maximum Gasteiger partial charge on any atom is 0.223 e. The number of ether oxygens (including phenoxy) is 2. The van der Waals surface area contributed by atoms with Crippen LogP contribution in [0.1, 0.15) is 43.7 Å². The Morgan fingerprint density at radius 1 is 1.19 bits per heavy atom. The van der Waals surface area contributed by atoms with Crippen LogP contribution in [0.2, 0.25) is 0 Å². The SMILES string of the molecule is O=C(CCCn1cccn1)N1CCC[C@H]1c1ccc2c(c1)OCCCO2. The fourth-order valence-electron chi connectivity index (χ4n) is 3.77. The van der Waals surface area contributed by atoms with Gasteiger partial charge in [0, 0.05) is 38.3 Å². The maximum absolute atomic E-state index is 12.7. The van der Waals surface area contributed by atoms with Gasteiger partial charge >= 0.3 is 0 Å². The number of nitrogens with zero attached hydrogens (tertiary/aromatic N) is 3. The molecule has 0 unspecified atom stereocenters. The van der Waals surface area contributed by atoms with E-state index in [9.17, 15) is 4.79 Å². The number of aromatic nitrogens is 2. The molecule has 0 spiro atoms. The molecule has 2 aliphatic heterocycles. The topological polar surface area (TPSA) is 56.6 Å². The summed E-state index contributed by atoms with van der Waals surface area (Å²) in [6.45, 7) is 2.98. The Morgan fingerprint density at radius 3 is 2.92 bits per heavy atom. The van der Waals surface area contributed by atoms with Crippen molar-refractivity contribution in [2.75, 3.05) is 19.8 Å². The molecule has 138 valence electrons. The Labute approximate surface area is 153 Å². The van der Waals surface area contributed by atoms with E-state index in [0.29, 0.717) is 19.6 Å². The Bertz CT molecular complexity index is 745. The summed E-state index contributed by atoms with van der Waals surface area (Å²) in [6, 6.07) is 8.16. The van der Waals surface area contributed by atoms with E-state index >= 15 is 0 Å². The first kappa shape index (κ1) is 16.9. The van der Waals surface area contributed by atoms with Crippen LogP contribution in [0.5, 0.6) is 11.5 Å². The van der Waals surface area contributed by atoms with Crippen LogP contribution in [0.15, 0.2) is 36.7 Å². The molecule has 2 aliphatic rings. The Balaban J connectivity index is 1.41. The molecule has 4 rings (SSSR count).